The van der Waals surface area contributed by atoms with Gasteiger partial charge in [0.25, 0.3) is 0 Å². The van der Waals surface area contributed by atoms with Crippen molar-refractivity contribution in [2.24, 2.45) is 5.92 Å². The van der Waals surface area contributed by atoms with Gasteiger partial charge in [-0.05, 0) is 18.4 Å². The van der Waals surface area contributed by atoms with E-state index in [0.29, 0.717) is 12.8 Å². The number of benzene rings is 1. The lowest BCUT2D eigenvalue weighted by molar-refractivity contribution is -0.127. The average molecular weight is 244 g/mol. The molecule has 0 radical (unpaired) electrons. The van der Waals surface area contributed by atoms with Crippen molar-refractivity contribution in [1.29, 1.82) is 0 Å². The molecule has 1 aliphatic rings. The van der Waals surface area contributed by atoms with E-state index < -0.39 is 0 Å². The van der Waals surface area contributed by atoms with E-state index in [0.717, 1.165) is 18.4 Å². The van der Waals surface area contributed by atoms with Crippen LogP contribution in [0.25, 0.3) is 0 Å². The molecule has 1 aromatic rings. The summed E-state index contributed by atoms with van der Waals surface area (Å²) in [5, 5.41) is 0. The second-order valence-electron chi connectivity index (χ2n) is 5.49. The van der Waals surface area contributed by atoms with Crippen LogP contribution in [0.5, 0.6) is 0 Å². The van der Waals surface area contributed by atoms with Crippen LogP contribution >= 0.6 is 0 Å². The Hall–Kier alpha value is -1.44. The van der Waals surface area contributed by atoms with Gasteiger partial charge in [0.05, 0.1) is 5.41 Å². The molecule has 2 rings (SSSR count). The first kappa shape index (κ1) is 13.0. The van der Waals surface area contributed by atoms with Gasteiger partial charge >= 0.3 is 0 Å². The number of rotatable bonds is 6. The molecule has 0 spiro atoms. The van der Waals surface area contributed by atoms with Gasteiger partial charge in [0.2, 0.25) is 0 Å². The molecule has 0 saturated heterocycles. The standard InChI is InChI=1S/C16H20O2/c1-12(2)14(17)8-9-15(18)16(10-11-16)13-6-4-3-5-7-13/h3-7,12H,8-11H2,1-2H3. The lowest BCUT2D eigenvalue weighted by Gasteiger charge is -2.14. The highest BCUT2D eigenvalue weighted by atomic mass is 16.1. The van der Waals surface area contributed by atoms with Gasteiger partial charge in [0.1, 0.15) is 11.6 Å². The summed E-state index contributed by atoms with van der Waals surface area (Å²) < 4.78 is 0. The summed E-state index contributed by atoms with van der Waals surface area (Å²) in [7, 11) is 0. The van der Waals surface area contributed by atoms with Gasteiger partial charge in [0.15, 0.2) is 0 Å². The van der Waals surface area contributed by atoms with Gasteiger partial charge in [-0.1, -0.05) is 44.2 Å². The van der Waals surface area contributed by atoms with Crippen molar-refractivity contribution in [3.05, 3.63) is 35.9 Å². The highest BCUT2D eigenvalue weighted by Gasteiger charge is 2.50. The van der Waals surface area contributed by atoms with Crippen LogP contribution in [0, 0.1) is 5.92 Å². The maximum atomic E-state index is 12.3. The molecule has 0 amide bonds. The minimum atomic E-state index is -0.265. The molecule has 0 atom stereocenters. The lowest BCUT2D eigenvalue weighted by Crippen LogP contribution is -2.22. The summed E-state index contributed by atoms with van der Waals surface area (Å²) in [5.74, 6) is 0.458. The van der Waals surface area contributed by atoms with Crippen molar-refractivity contribution in [3.8, 4) is 0 Å². The normalized spacial score (nSPS) is 16.6. The van der Waals surface area contributed by atoms with Gasteiger partial charge in [-0.25, -0.2) is 0 Å². The number of hydrogen-bond acceptors (Lipinski definition) is 2. The molecule has 0 heterocycles. The molecule has 1 aromatic carbocycles. The van der Waals surface area contributed by atoms with Crippen LogP contribution in [0.3, 0.4) is 0 Å². The first-order chi connectivity index (χ1) is 8.56. The zero-order valence-electron chi connectivity index (χ0n) is 11.1. The molecule has 1 saturated carbocycles. The summed E-state index contributed by atoms with van der Waals surface area (Å²) in [4.78, 5) is 23.9. The van der Waals surface area contributed by atoms with Crippen LogP contribution in [-0.4, -0.2) is 11.6 Å². The Kier molecular flexibility index (Phi) is 3.65. The Balaban J connectivity index is 2.00. The maximum Gasteiger partial charge on any atom is 0.143 e. The zero-order valence-corrected chi connectivity index (χ0v) is 11.1. The monoisotopic (exact) mass is 244 g/mol. The maximum absolute atomic E-state index is 12.3. The van der Waals surface area contributed by atoms with Crippen LogP contribution in [0.2, 0.25) is 0 Å². The van der Waals surface area contributed by atoms with E-state index in [4.69, 9.17) is 0 Å². The summed E-state index contributed by atoms with van der Waals surface area (Å²) >= 11 is 0. The van der Waals surface area contributed by atoms with Crippen molar-refractivity contribution in [1.82, 2.24) is 0 Å². The molecule has 0 aliphatic heterocycles. The fraction of sp³-hybridized carbons (Fsp3) is 0.500. The minimum absolute atomic E-state index is 0.0321. The van der Waals surface area contributed by atoms with Crippen LogP contribution < -0.4 is 0 Å². The second-order valence-corrected chi connectivity index (χ2v) is 5.49. The number of carbonyl (C=O) groups is 2. The summed E-state index contributed by atoms with van der Waals surface area (Å²) in [5.41, 5.74) is 0.852. The number of hydrogen-bond donors (Lipinski definition) is 0. The number of carbonyl (C=O) groups excluding carboxylic acids is 2. The predicted octanol–water partition coefficient (Wildman–Crippen LogP) is 3.29. The van der Waals surface area contributed by atoms with Crippen molar-refractivity contribution >= 4 is 11.6 Å². The molecule has 0 bridgehead atoms. The highest BCUT2D eigenvalue weighted by molar-refractivity contribution is 5.95. The fourth-order valence-electron chi connectivity index (χ4n) is 2.38. The van der Waals surface area contributed by atoms with Gasteiger partial charge in [-0.3, -0.25) is 9.59 Å². The molecule has 0 unspecified atom stereocenters. The largest absolute Gasteiger partial charge is 0.299 e. The smallest absolute Gasteiger partial charge is 0.143 e. The molecule has 2 nitrogen and oxygen atoms in total. The van der Waals surface area contributed by atoms with E-state index in [2.05, 4.69) is 0 Å². The van der Waals surface area contributed by atoms with Gasteiger partial charge < -0.3 is 0 Å². The van der Waals surface area contributed by atoms with E-state index >= 15 is 0 Å². The Labute approximate surface area is 108 Å². The Morgan fingerprint density at radius 2 is 1.72 bits per heavy atom. The van der Waals surface area contributed by atoms with Crippen LogP contribution in [0.4, 0.5) is 0 Å². The average Bonchev–Trinajstić information content (AvgIpc) is 3.18. The van der Waals surface area contributed by atoms with E-state index in [1.54, 1.807) is 0 Å². The van der Waals surface area contributed by atoms with E-state index in [9.17, 15) is 9.59 Å². The molecule has 0 N–H and O–H groups in total. The predicted molar refractivity (Wildman–Crippen MR) is 71.4 cm³/mol. The van der Waals surface area contributed by atoms with Crippen molar-refractivity contribution in [3.63, 3.8) is 0 Å². The number of ketones is 2. The third-order valence-electron chi connectivity index (χ3n) is 3.85. The van der Waals surface area contributed by atoms with E-state index in [-0.39, 0.29) is 22.9 Å². The topological polar surface area (TPSA) is 34.1 Å². The minimum Gasteiger partial charge on any atom is -0.299 e. The van der Waals surface area contributed by atoms with E-state index in [1.165, 1.54) is 0 Å². The SMILES string of the molecule is CC(C)C(=O)CCC(=O)C1(c2ccccc2)CC1. The number of Topliss-reactive ketones (excluding diaryl/α,β-unsaturated/α-hetero) is 2. The van der Waals surface area contributed by atoms with Crippen LogP contribution in [-0.2, 0) is 15.0 Å². The van der Waals surface area contributed by atoms with Crippen LogP contribution in [0.15, 0.2) is 30.3 Å². The first-order valence-corrected chi connectivity index (χ1v) is 6.68. The molecule has 18 heavy (non-hydrogen) atoms. The third kappa shape index (κ3) is 2.53. The third-order valence-corrected chi connectivity index (χ3v) is 3.85. The zero-order chi connectivity index (χ0) is 13.2. The molecule has 2 heteroatoms. The fourth-order valence-corrected chi connectivity index (χ4v) is 2.38. The summed E-state index contributed by atoms with van der Waals surface area (Å²) in [6, 6.07) is 9.96. The molecule has 96 valence electrons. The van der Waals surface area contributed by atoms with Crippen molar-refractivity contribution < 1.29 is 9.59 Å². The highest BCUT2D eigenvalue weighted by Crippen LogP contribution is 2.49. The van der Waals surface area contributed by atoms with Crippen LogP contribution in [0.1, 0.15) is 45.1 Å². The quantitative estimate of drug-likeness (QED) is 0.769. The van der Waals surface area contributed by atoms with Gasteiger partial charge in [0, 0.05) is 18.8 Å². The molecular weight excluding hydrogens is 224 g/mol. The summed E-state index contributed by atoms with van der Waals surface area (Å²) in [6.07, 6.45) is 2.66. The Morgan fingerprint density at radius 1 is 1.11 bits per heavy atom. The lowest BCUT2D eigenvalue weighted by atomic mass is 9.88. The molecule has 1 aliphatic carbocycles. The van der Waals surface area contributed by atoms with Crippen molar-refractivity contribution in [2.75, 3.05) is 0 Å². The second kappa shape index (κ2) is 5.05. The summed E-state index contributed by atoms with van der Waals surface area (Å²) in [6.45, 7) is 3.77. The molecule has 0 aromatic heterocycles. The first-order valence-electron chi connectivity index (χ1n) is 6.68. The van der Waals surface area contributed by atoms with Gasteiger partial charge in [-0.15, -0.1) is 0 Å². The van der Waals surface area contributed by atoms with E-state index in [1.807, 2.05) is 44.2 Å². The Bertz CT molecular complexity index is 441. The van der Waals surface area contributed by atoms with Crippen molar-refractivity contribution in [2.45, 2.75) is 44.9 Å². The Morgan fingerprint density at radius 3 is 2.22 bits per heavy atom. The molecular formula is C16H20O2. The molecule has 1 fully saturated rings. The van der Waals surface area contributed by atoms with Gasteiger partial charge in [-0.2, -0.15) is 0 Å².